The summed E-state index contributed by atoms with van der Waals surface area (Å²) < 4.78 is 106. The van der Waals surface area contributed by atoms with Crippen LogP contribution >= 0.6 is 0 Å². The van der Waals surface area contributed by atoms with Crippen LogP contribution in [0.2, 0.25) is 0 Å². The molecule has 5 rings (SSSR count). The van der Waals surface area contributed by atoms with Crippen LogP contribution in [0, 0.1) is 0 Å². The molecule has 0 aromatic carbocycles. The molecule has 10 nitrogen and oxygen atoms in total. The highest BCUT2D eigenvalue weighted by molar-refractivity contribution is 7.91. The van der Waals surface area contributed by atoms with Gasteiger partial charge in [0, 0.05) is 25.4 Å². The predicted octanol–water partition coefficient (Wildman–Crippen LogP) is 3.23. The molecule has 0 radical (unpaired) electrons. The minimum atomic E-state index is -4.70. The van der Waals surface area contributed by atoms with Crippen LogP contribution in [-0.4, -0.2) is 55.1 Å². The Balaban J connectivity index is 1.58. The lowest BCUT2D eigenvalue weighted by Gasteiger charge is -2.29. The normalized spacial score (nSPS) is 14.8. The second-order valence-corrected chi connectivity index (χ2v) is 10.3. The molecule has 0 unspecified atom stereocenters. The zero-order valence-electron chi connectivity index (χ0n) is 18.8. The summed E-state index contributed by atoms with van der Waals surface area (Å²) in [6.07, 6.45) is -8.17. The van der Waals surface area contributed by atoms with Crippen molar-refractivity contribution < 1.29 is 34.8 Å². The van der Waals surface area contributed by atoms with Crippen molar-refractivity contribution in [3.63, 3.8) is 0 Å². The topological polar surface area (TPSA) is 111 Å². The maximum Gasteiger partial charge on any atom is 0.451 e. The first-order valence-corrected chi connectivity index (χ1v) is 12.3. The summed E-state index contributed by atoms with van der Waals surface area (Å²) in [5, 5.41) is 10.3. The van der Waals surface area contributed by atoms with Crippen LogP contribution in [0.3, 0.4) is 0 Å². The number of hydrogen-bond acceptors (Lipinski definition) is 8. The summed E-state index contributed by atoms with van der Waals surface area (Å²) in [6, 6.07) is 4.70. The maximum absolute atomic E-state index is 13.2. The average Bonchev–Trinajstić information content (AvgIpc) is 3.47. The lowest BCUT2D eigenvalue weighted by molar-refractivity contribution is -0.147. The molecule has 4 aromatic rings. The van der Waals surface area contributed by atoms with Crippen LogP contribution in [0.25, 0.3) is 17.0 Å². The molecule has 0 fully saturated rings. The first-order valence-electron chi connectivity index (χ1n) is 10.7. The van der Waals surface area contributed by atoms with Crippen molar-refractivity contribution in [2.45, 2.75) is 37.3 Å². The van der Waals surface area contributed by atoms with Gasteiger partial charge in [-0.25, -0.2) is 22.9 Å². The molecular formula is C20H16F6N8O2S. The highest BCUT2D eigenvalue weighted by Gasteiger charge is 2.40. The second-order valence-electron chi connectivity index (χ2n) is 8.07. The number of sulfone groups is 1. The van der Waals surface area contributed by atoms with E-state index >= 15 is 0 Å². The Morgan fingerprint density at radius 3 is 2.41 bits per heavy atom. The molecule has 0 amide bonds. The van der Waals surface area contributed by atoms with Gasteiger partial charge in [0.05, 0.1) is 22.9 Å². The number of aromatic nitrogens is 7. The monoisotopic (exact) mass is 546 g/mol. The van der Waals surface area contributed by atoms with Gasteiger partial charge in [-0.1, -0.05) is 6.92 Å². The van der Waals surface area contributed by atoms with E-state index in [0.717, 1.165) is 15.1 Å². The fraction of sp³-hybridized carbons (Fsp3) is 0.350. The van der Waals surface area contributed by atoms with Gasteiger partial charge in [0.2, 0.25) is 5.82 Å². The van der Waals surface area contributed by atoms with Crippen molar-refractivity contribution in [2.24, 2.45) is 0 Å². The standard InChI is InChI=1S/C20H16F6N8O2S/c1-2-37(35,36)12-3-4-14(32-7-8-33-16(10-32)29-30-18(33)20(24,25)26)28-17(12)11-5-6-34-15(27-11)9-13(31-34)19(21,22)23/h3-6,9H,2,7-8,10H2,1H3. The lowest BCUT2D eigenvalue weighted by atomic mass is 10.2. The van der Waals surface area contributed by atoms with Crippen LogP contribution in [0.5, 0.6) is 0 Å². The van der Waals surface area contributed by atoms with Gasteiger partial charge in [0.1, 0.15) is 11.5 Å². The Labute approximate surface area is 204 Å². The predicted molar refractivity (Wildman–Crippen MR) is 115 cm³/mol. The second kappa shape index (κ2) is 8.39. The number of halogens is 6. The van der Waals surface area contributed by atoms with Gasteiger partial charge in [0.25, 0.3) is 0 Å². The quantitative estimate of drug-likeness (QED) is 0.359. The third-order valence-corrected chi connectivity index (χ3v) is 7.51. The number of rotatable bonds is 4. The van der Waals surface area contributed by atoms with Crippen molar-refractivity contribution in [2.75, 3.05) is 17.2 Å². The van der Waals surface area contributed by atoms with Crippen molar-refractivity contribution in [1.82, 2.24) is 34.3 Å². The first-order chi connectivity index (χ1) is 17.3. The van der Waals surface area contributed by atoms with E-state index in [0.29, 0.717) is 0 Å². The highest BCUT2D eigenvalue weighted by Crippen LogP contribution is 2.33. The lowest BCUT2D eigenvalue weighted by Crippen LogP contribution is -2.36. The number of nitrogens with zero attached hydrogens (tertiary/aromatic N) is 8. The molecule has 0 bridgehead atoms. The molecule has 17 heteroatoms. The number of fused-ring (bicyclic) bond motifs is 2. The average molecular weight is 546 g/mol. The molecule has 1 aliphatic rings. The minimum Gasteiger partial charge on any atom is -0.347 e. The summed E-state index contributed by atoms with van der Waals surface area (Å²) in [6.45, 7) is 1.33. The van der Waals surface area contributed by atoms with Crippen molar-refractivity contribution >= 4 is 21.3 Å². The Hall–Kier alpha value is -3.76. The van der Waals surface area contributed by atoms with E-state index < -0.39 is 33.7 Å². The van der Waals surface area contributed by atoms with E-state index in [9.17, 15) is 34.8 Å². The van der Waals surface area contributed by atoms with Crippen LogP contribution in [0.15, 0.2) is 35.4 Å². The van der Waals surface area contributed by atoms with Crippen molar-refractivity contribution in [3.8, 4) is 11.4 Å². The van der Waals surface area contributed by atoms with E-state index in [1.54, 1.807) is 4.90 Å². The minimum absolute atomic E-state index is 0.0190. The summed E-state index contributed by atoms with van der Waals surface area (Å²) in [7, 11) is -3.83. The van der Waals surface area contributed by atoms with Gasteiger partial charge >= 0.3 is 12.4 Å². The Bertz CT molecular complexity index is 1610. The van der Waals surface area contributed by atoms with E-state index in [4.69, 9.17) is 0 Å². The molecule has 1 aliphatic heterocycles. The Morgan fingerprint density at radius 2 is 1.73 bits per heavy atom. The molecule has 0 N–H and O–H groups in total. The maximum atomic E-state index is 13.2. The van der Waals surface area contributed by atoms with Crippen molar-refractivity contribution in [3.05, 3.63) is 47.8 Å². The van der Waals surface area contributed by atoms with Crippen molar-refractivity contribution in [1.29, 1.82) is 0 Å². The Kier molecular flexibility index (Phi) is 5.65. The van der Waals surface area contributed by atoms with E-state index in [2.05, 4.69) is 25.3 Å². The van der Waals surface area contributed by atoms with Gasteiger partial charge in [-0.15, -0.1) is 10.2 Å². The fourth-order valence-electron chi connectivity index (χ4n) is 3.92. The summed E-state index contributed by atoms with van der Waals surface area (Å²) in [5.41, 5.74) is -1.48. The van der Waals surface area contributed by atoms with Gasteiger partial charge in [-0.2, -0.15) is 31.4 Å². The summed E-state index contributed by atoms with van der Waals surface area (Å²) >= 11 is 0. The van der Waals surface area contributed by atoms with E-state index in [-0.39, 0.29) is 59.0 Å². The zero-order chi connectivity index (χ0) is 26.8. The van der Waals surface area contributed by atoms with Gasteiger partial charge in [0.15, 0.2) is 27.0 Å². The van der Waals surface area contributed by atoms with E-state index in [1.807, 2.05) is 0 Å². The van der Waals surface area contributed by atoms with Gasteiger partial charge in [-0.05, 0) is 18.2 Å². The molecule has 0 atom stereocenters. The van der Waals surface area contributed by atoms with Crippen LogP contribution < -0.4 is 4.90 Å². The summed E-state index contributed by atoms with van der Waals surface area (Å²) in [4.78, 5) is 9.97. The highest BCUT2D eigenvalue weighted by atomic mass is 32.2. The van der Waals surface area contributed by atoms with Gasteiger partial charge < -0.3 is 9.47 Å². The van der Waals surface area contributed by atoms with Crippen LogP contribution in [0.1, 0.15) is 24.3 Å². The van der Waals surface area contributed by atoms with E-state index in [1.165, 1.54) is 31.3 Å². The number of anilines is 1. The molecule has 0 saturated carbocycles. The summed E-state index contributed by atoms with van der Waals surface area (Å²) in [5.74, 6) is -1.12. The third-order valence-electron chi connectivity index (χ3n) is 5.75. The number of alkyl halides is 6. The molecular weight excluding hydrogens is 530 g/mol. The number of hydrogen-bond donors (Lipinski definition) is 0. The molecule has 196 valence electrons. The molecule has 0 saturated heterocycles. The third kappa shape index (κ3) is 4.47. The molecule has 0 aliphatic carbocycles. The molecule has 37 heavy (non-hydrogen) atoms. The molecule has 4 aromatic heterocycles. The molecule has 0 spiro atoms. The zero-order valence-corrected chi connectivity index (χ0v) is 19.6. The first kappa shape index (κ1) is 24.9. The Morgan fingerprint density at radius 1 is 0.973 bits per heavy atom. The fourth-order valence-corrected chi connectivity index (χ4v) is 4.95. The smallest absolute Gasteiger partial charge is 0.347 e. The van der Waals surface area contributed by atoms with Crippen LogP contribution in [-0.2, 0) is 35.3 Å². The SMILES string of the molecule is CCS(=O)(=O)c1ccc(N2CCn3c(nnc3C(F)(F)F)C2)nc1-c1ccn2nc(C(F)(F)F)cc2n1. The van der Waals surface area contributed by atoms with Gasteiger partial charge in [-0.3, -0.25) is 0 Å². The van der Waals surface area contributed by atoms with Crippen LogP contribution in [0.4, 0.5) is 32.2 Å². The molecule has 5 heterocycles. The number of pyridine rings is 1. The largest absolute Gasteiger partial charge is 0.451 e.